The summed E-state index contributed by atoms with van der Waals surface area (Å²) >= 11 is 0. The van der Waals surface area contributed by atoms with Crippen LogP contribution in [0.5, 0.6) is 0 Å². The van der Waals surface area contributed by atoms with Gasteiger partial charge in [-0.2, -0.15) is 0 Å². The van der Waals surface area contributed by atoms with Crippen LogP contribution in [0.25, 0.3) is 11.0 Å². The van der Waals surface area contributed by atoms with Crippen LogP contribution in [0.3, 0.4) is 0 Å². The molecule has 132 valence electrons. The van der Waals surface area contributed by atoms with E-state index in [1.807, 2.05) is 6.92 Å². The molecule has 0 atom stereocenters. The molecule has 24 heavy (non-hydrogen) atoms. The number of aromatic nitrogens is 2. The zero-order valence-corrected chi connectivity index (χ0v) is 15.0. The van der Waals surface area contributed by atoms with E-state index in [2.05, 4.69) is 33.7 Å². The van der Waals surface area contributed by atoms with Crippen LogP contribution in [0.15, 0.2) is 24.3 Å². The van der Waals surface area contributed by atoms with Crippen molar-refractivity contribution in [2.75, 3.05) is 32.8 Å². The maximum atomic E-state index is 5.56. The van der Waals surface area contributed by atoms with Gasteiger partial charge in [-0.3, -0.25) is 0 Å². The lowest BCUT2D eigenvalue weighted by atomic mass is 10.1. The van der Waals surface area contributed by atoms with E-state index >= 15 is 0 Å². The fourth-order valence-corrected chi connectivity index (χ4v) is 3.67. The maximum Gasteiger partial charge on any atom is 0.109 e. The van der Waals surface area contributed by atoms with Crippen molar-refractivity contribution in [3.8, 4) is 0 Å². The van der Waals surface area contributed by atoms with E-state index in [1.54, 1.807) is 0 Å². The predicted octanol–water partition coefficient (Wildman–Crippen LogP) is 3.88. The fraction of sp³-hybridized carbons (Fsp3) is 0.650. The third kappa shape index (κ3) is 4.58. The average molecular weight is 329 g/mol. The van der Waals surface area contributed by atoms with E-state index in [9.17, 15) is 0 Å². The summed E-state index contributed by atoms with van der Waals surface area (Å²) in [5.41, 5.74) is 2.35. The second-order valence-corrected chi connectivity index (χ2v) is 6.72. The van der Waals surface area contributed by atoms with Crippen LogP contribution in [-0.4, -0.2) is 47.3 Å². The molecule has 0 aliphatic carbocycles. The summed E-state index contributed by atoms with van der Waals surface area (Å²) in [6.45, 7) is 8.33. The Balaban J connectivity index is 1.57. The number of aryl methyl sites for hydroxylation is 1. The van der Waals surface area contributed by atoms with Gasteiger partial charge < -0.3 is 14.2 Å². The molecule has 0 unspecified atom stereocenters. The Morgan fingerprint density at radius 2 is 1.88 bits per heavy atom. The Morgan fingerprint density at radius 1 is 1.04 bits per heavy atom. The molecule has 3 rings (SSSR count). The molecule has 0 saturated carbocycles. The normalized spacial score (nSPS) is 16.0. The lowest BCUT2D eigenvalue weighted by Gasteiger charge is -2.26. The Labute approximate surface area is 145 Å². The van der Waals surface area contributed by atoms with Crippen molar-refractivity contribution in [1.82, 2.24) is 14.5 Å². The van der Waals surface area contributed by atoms with Crippen LogP contribution in [-0.2, 0) is 17.7 Å². The van der Waals surface area contributed by atoms with E-state index in [-0.39, 0.29) is 0 Å². The zero-order chi connectivity index (χ0) is 16.6. The molecule has 1 fully saturated rings. The Bertz CT molecular complexity index is 616. The number of ether oxygens (including phenoxy) is 1. The first-order valence-corrected chi connectivity index (χ1v) is 9.62. The minimum absolute atomic E-state index is 0.762. The van der Waals surface area contributed by atoms with Gasteiger partial charge in [0.25, 0.3) is 0 Å². The minimum Gasteiger partial charge on any atom is -0.380 e. The van der Waals surface area contributed by atoms with Gasteiger partial charge in [-0.15, -0.1) is 0 Å². The summed E-state index contributed by atoms with van der Waals surface area (Å²) in [4.78, 5) is 7.50. The van der Waals surface area contributed by atoms with Gasteiger partial charge in [-0.05, 0) is 64.4 Å². The highest BCUT2D eigenvalue weighted by Crippen LogP contribution is 2.18. The van der Waals surface area contributed by atoms with Crippen LogP contribution in [0, 0.1) is 0 Å². The molecule has 0 radical (unpaired) electrons. The molecule has 1 aromatic heterocycles. The summed E-state index contributed by atoms with van der Waals surface area (Å²) in [5.74, 6) is 1.22. The molecule has 0 amide bonds. The van der Waals surface area contributed by atoms with Gasteiger partial charge in [-0.25, -0.2) is 4.98 Å². The van der Waals surface area contributed by atoms with Gasteiger partial charge in [0.1, 0.15) is 5.82 Å². The first-order chi connectivity index (χ1) is 11.9. The Kier molecular flexibility index (Phi) is 6.67. The van der Waals surface area contributed by atoms with E-state index < -0.39 is 0 Å². The van der Waals surface area contributed by atoms with E-state index in [1.165, 1.54) is 63.1 Å². The summed E-state index contributed by atoms with van der Waals surface area (Å²) in [6.07, 6.45) is 7.73. The molecule has 0 N–H and O–H groups in total. The standard InChI is InChI=1S/C20H31N3O/c1-2-24-17-16-23-19-11-5-4-10-18(19)21-20(23)12-6-9-15-22-13-7-3-8-14-22/h4-5,10-11H,2-3,6-9,12-17H2,1H3. The third-order valence-corrected chi connectivity index (χ3v) is 4.97. The number of piperidine rings is 1. The molecule has 1 aromatic carbocycles. The number of imidazole rings is 1. The monoisotopic (exact) mass is 329 g/mol. The van der Waals surface area contributed by atoms with E-state index in [4.69, 9.17) is 9.72 Å². The summed E-state index contributed by atoms with van der Waals surface area (Å²) in [5, 5.41) is 0. The molecule has 4 heteroatoms. The maximum absolute atomic E-state index is 5.56. The lowest BCUT2D eigenvalue weighted by Crippen LogP contribution is -2.30. The number of benzene rings is 1. The second-order valence-electron chi connectivity index (χ2n) is 6.72. The van der Waals surface area contributed by atoms with Crippen LogP contribution in [0.1, 0.15) is 44.9 Å². The van der Waals surface area contributed by atoms with Crippen LogP contribution < -0.4 is 0 Å². The lowest BCUT2D eigenvalue weighted by molar-refractivity contribution is 0.139. The van der Waals surface area contributed by atoms with Gasteiger partial charge in [0.05, 0.1) is 17.6 Å². The van der Waals surface area contributed by atoms with Crippen molar-refractivity contribution < 1.29 is 4.74 Å². The quantitative estimate of drug-likeness (QED) is 0.654. The van der Waals surface area contributed by atoms with Crippen molar-refractivity contribution >= 4 is 11.0 Å². The Morgan fingerprint density at radius 3 is 2.71 bits per heavy atom. The fourth-order valence-electron chi connectivity index (χ4n) is 3.67. The molecule has 1 aliphatic heterocycles. The smallest absolute Gasteiger partial charge is 0.109 e. The number of para-hydroxylation sites is 2. The number of nitrogens with zero attached hydrogens (tertiary/aromatic N) is 3. The predicted molar refractivity (Wildman–Crippen MR) is 99.5 cm³/mol. The third-order valence-electron chi connectivity index (χ3n) is 4.97. The number of hydrogen-bond acceptors (Lipinski definition) is 3. The highest BCUT2D eigenvalue weighted by molar-refractivity contribution is 5.75. The molecule has 1 aliphatic rings. The highest BCUT2D eigenvalue weighted by Gasteiger charge is 2.12. The first kappa shape index (κ1) is 17.4. The van der Waals surface area contributed by atoms with Crippen LogP contribution in [0.4, 0.5) is 0 Å². The number of hydrogen-bond donors (Lipinski definition) is 0. The molecular formula is C20H31N3O. The average Bonchev–Trinajstić information content (AvgIpc) is 2.98. The van der Waals surface area contributed by atoms with Crippen LogP contribution >= 0.6 is 0 Å². The van der Waals surface area contributed by atoms with Crippen molar-refractivity contribution in [2.24, 2.45) is 0 Å². The summed E-state index contributed by atoms with van der Waals surface area (Å²) < 4.78 is 7.91. The molecule has 4 nitrogen and oxygen atoms in total. The molecule has 2 heterocycles. The van der Waals surface area contributed by atoms with Crippen LogP contribution in [0.2, 0.25) is 0 Å². The number of rotatable bonds is 9. The van der Waals surface area contributed by atoms with Gasteiger partial charge in [0.15, 0.2) is 0 Å². The van der Waals surface area contributed by atoms with Gasteiger partial charge in [-0.1, -0.05) is 18.6 Å². The second kappa shape index (κ2) is 9.19. The zero-order valence-electron chi connectivity index (χ0n) is 15.0. The molecule has 0 bridgehead atoms. The summed E-state index contributed by atoms with van der Waals surface area (Å²) in [6, 6.07) is 8.46. The van der Waals surface area contributed by atoms with Gasteiger partial charge in [0.2, 0.25) is 0 Å². The van der Waals surface area contributed by atoms with Gasteiger partial charge >= 0.3 is 0 Å². The number of unbranched alkanes of at least 4 members (excludes halogenated alkanes) is 1. The molecule has 1 saturated heterocycles. The van der Waals surface area contributed by atoms with Crippen molar-refractivity contribution in [2.45, 2.75) is 52.0 Å². The largest absolute Gasteiger partial charge is 0.380 e. The number of fused-ring (bicyclic) bond motifs is 1. The highest BCUT2D eigenvalue weighted by atomic mass is 16.5. The molecule has 0 spiro atoms. The number of likely N-dealkylation sites (tertiary alicyclic amines) is 1. The van der Waals surface area contributed by atoms with Crippen molar-refractivity contribution in [3.63, 3.8) is 0 Å². The Hall–Kier alpha value is -1.39. The van der Waals surface area contributed by atoms with Crippen molar-refractivity contribution in [1.29, 1.82) is 0 Å². The molecule has 2 aromatic rings. The van der Waals surface area contributed by atoms with E-state index in [0.29, 0.717) is 0 Å². The first-order valence-electron chi connectivity index (χ1n) is 9.62. The van der Waals surface area contributed by atoms with Crippen molar-refractivity contribution in [3.05, 3.63) is 30.1 Å². The molecular weight excluding hydrogens is 298 g/mol. The van der Waals surface area contributed by atoms with Gasteiger partial charge in [0, 0.05) is 19.6 Å². The topological polar surface area (TPSA) is 30.3 Å². The minimum atomic E-state index is 0.762. The van der Waals surface area contributed by atoms with E-state index in [0.717, 1.165) is 31.7 Å². The summed E-state index contributed by atoms with van der Waals surface area (Å²) in [7, 11) is 0. The SMILES string of the molecule is CCOCCn1c(CCCCN2CCCCC2)nc2ccccc21.